The summed E-state index contributed by atoms with van der Waals surface area (Å²) < 4.78 is 27.9. The van der Waals surface area contributed by atoms with Crippen molar-refractivity contribution < 1.29 is 13.7 Å². The molecule has 3 rings (SSSR count). The molecule has 0 aromatic carbocycles. The number of imidazole rings is 1. The lowest BCUT2D eigenvalue weighted by Crippen LogP contribution is -2.41. The molecule has 2 aromatic rings. The minimum atomic E-state index is -0.754. The van der Waals surface area contributed by atoms with E-state index in [9.17, 15) is 4.39 Å². The standard InChI is InChI=1S/C15H19BFN3O2/c1-10-8-20(9-19-10)13-6-12(17)11(7-18-13)16-21-14(2,3)15(4,5)22-16/h6-9H,1-5H3. The van der Waals surface area contributed by atoms with Crippen LogP contribution >= 0.6 is 0 Å². The molecular weight excluding hydrogens is 284 g/mol. The highest BCUT2D eigenvalue weighted by molar-refractivity contribution is 6.62. The van der Waals surface area contributed by atoms with Crippen molar-refractivity contribution in [1.29, 1.82) is 0 Å². The third-order valence-corrected chi connectivity index (χ3v) is 4.35. The monoisotopic (exact) mass is 303 g/mol. The second-order valence-corrected chi connectivity index (χ2v) is 6.57. The molecule has 1 aliphatic heterocycles. The van der Waals surface area contributed by atoms with Crippen LogP contribution in [0.2, 0.25) is 0 Å². The van der Waals surface area contributed by atoms with Crippen LogP contribution in [0.5, 0.6) is 0 Å². The molecule has 0 radical (unpaired) electrons. The Hall–Kier alpha value is -1.73. The maximum absolute atomic E-state index is 14.5. The van der Waals surface area contributed by atoms with Gasteiger partial charge in [-0.15, -0.1) is 0 Å². The van der Waals surface area contributed by atoms with Crippen LogP contribution in [-0.2, 0) is 9.31 Å². The lowest BCUT2D eigenvalue weighted by Gasteiger charge is -2.32. The number of halogens is 1. The van der Waals surface area contributed by atoms with Crippen molar-refractivity contribution in [3.8, 4) is 5.82 Å². The predicted octanol–water partition coefficient (Wildman–Crippen LogP) is 2.01. The number of nitrogens with zero attached hydrogens (tertiary/aromatic N) is 3. The van der Waals surface area contributed by atoms with Crippen molar-refractivity contribution in [2.75, 3.05) is 0 Å². The van der Waals surface area contributed by atoms with E-state index in [-0.39, 0.29) is 0 Å². The molecule has 0 atom stereocenters. The Morgan fingerprint density at radius 1 is 1.14 bits per heavy atom. The highest BCUT2D eigenvalue weighted by atomic mass is 19.1. The Morgan fingerprint density at radius 2 is 1.77 bits per heavy atom. The number of pyridine rings is 1. The first kappa shape index (κ1) is 15.2. The number of aryl methyl sites for hydroxylation is 1. The minimum absolute atomic E-state index is 0.305. The normalized spacial score (nSPS) is 19.6. The average Bonchev–Trinajstić information content (AvgIpc) is 2.91. The Kier molecular flexibility index (Phi) is 3.38. The van der Waals surface area contributed by atoms with E-state index in [1.807, 2.05) is 34.6 Å². The maximum atomic E-state index is 14.5. The molecule has 22 heavy (non-hydrogen) atoms. The SMILES string of the molecule is Cc1cn(-c2cc(F)c(B3OC(C)(C)C(C)(C)O3)cn2)cn1. The molecule has 1 fully saturated rings. The van der Waals surface area contributed by atoms with Crippen LogP contribution in [0.4, 0.5) is 4.39 Å². The molecule has 0 unspecified atom stereocenters. The van der Waals surface area contributed by atoms with E-state index in [1.54, 1.807) is 17.1 Å². The summed E-state index contributed by atoms with van der Waals surface area (Å²) in [5.74, 6) is 0.0632. The maximum Gasteiger partial charge on any atom is 0.499 e. The second-order valence-electron chi connectivity index (χ2n) is 6.57. The van der Waals surface area contributed by atoms with E-state index in [0.717, 1.165) is 5.69 Å². The van der Waals surface area contributed by atoms with Gasteiger partial charge in [-0.05, 0) is 34.6 Å². The zero-order chi connectivity index (χ0) is 16.1. The van der Waals surface area contributed by atoms with Gasteiger partial charge in [0, 0.05) is 23.9 Å². The molecule has 1 aliphatic rings. The van der Waals surface area contributed by atoms with Gasteiger partial charge in [-0.3, -0.25) is 4.57 Å². The molecule has 0 bridgehead atoms. The Labute approximate surface area is 129 Å². The van der Waals surface area contributed by atoms with E-state index < -0.39 is 24.1 Å². The molecule has 5 nitrogen and oxygen atoms in total. The third kappa shape index (κ3) is 2.44. The van der Waals surface area contributed by atoms with Gasteiger partial charge in [-0.2, -0.15) is 0 Å². The van der Waals surface area contributed by atoms with Crippen molar-refractivity contribution in [2.24, 2.45) is 0 Å². The average molecular weight is 303 g/mol. The molecule has 0 saturated carbocycles. The van der Waals surface area contributed by atoms with Gasteiger partial charge in [0.25, 0.3) is 0 Å². The number of hydrogen-bond donors (Lipinski definition) is 0. The lowest BCUT2D eigenvalue weighted by molar-refractivity contribution is 0.00578. The summed E-state index contributed by atoms with van der Waals surface area (Å²) >= 11 is 0. The van der Waals surface area contributed by atoms with Crippen molar-refractivity contribution in [3.63, 3.8) is 0 Å². The topological polar surface area (TPSA) is 49.2 Å². The second kappa shape index (κ2) is 4.89. The van der Waals surface area contributed by atoms with Gasteiger partial charge in [-0.1, -0.05) is 0 Å². The van der Waals surface area contributed by atoms with Crippen LogP contribution in [0.15, 0.2) is 24.8 Å². The summed E-state index contributed by atoms with van der Waals surface area (Å²) in [6, 6.07) is 1.36. The Bertz CT molecular complexity index is 699. The van der Waals surface area contributed by atoms with Crippen LogP contribution in [0.3, 0.4) is 0 Å². The van der Waals surface area contributed by atoms with Crippen LogP contribution in [0.1, 0.15) is 33.4 Å². The zero-order valence-electron chi connectivity index (χ0n) is 13.4. The van der Waals surface area contributed by atoms with Crippen LogP contribution < -0.4 is 5.46 Å². The Morgan fingerprint density at radius 3 is 2.27 bits per heavy atom. The van der Waals surface area contributed by atoms with E-state index in [0.29, 0.717) is 11.3 Å². The summed E-state index contributed by atoms with van der Waals surface area (Å²) in [4.78, 5) is 8.40. The van der Waals surface area contributed by atoms with E-state index in [4.69, 9.17) is 9.31 Å². The number of hydrogen-bond acceptors (Lipinski definition) is 4. The third-order valence-electron chi connectivity index (χ3n) is 4.35. The molecule has 0 amide bonds. The van der Waals surface area contributed by atoms with Gasteiger partial charge < -0.3 is 9.31 Å². The summed E-state index contributed by atoms with van der Waals surface area (Å²) in [7, 11) is -0.754. The first-order valence-corrected chi connectivity index (χ1v) is 7.22. The van der Waals surface area contributed by atoms with Crippen LogP contribution in [0, 0.1) is 12.7 Å². The number of aromatic nitrogens is 3. The largest absolute Gasteiger partial charge is 0.499 e. The fourth-order valence-electron chi connectivity index (χ4n) is 2.26. The van der Waals surface area contributed by atoms with E-state index in [2.05, 4.69) is 9.97 Å². The zero-order valence-corrected chi connectivity index (χ0v) is 13.4. The molecule has 0 aliphatic carbocycles. The van der Waals surface area contributed by atoms with Crippen molar-refractivity contribution >= 4 is 12.6 Å². The smallest absolute Gasteiger partial charge is 0.399 e. The molecule has 2 aromatic heterocycles. The summed E-state index contributed by atoms with van der Waals surface area (Å²) in [5, 5.41) is 0. The predicted molar refractivity (Wildman–Crippen MR) is 81.8 cm³/mol. The van der Waals surface area contributed by atoms with Crippen molar-refractivity contribution in [2.45, 2.75) is 45.8 Å². The summed E-state index contributed by atoms with van der Waals surface area (Å²) in [6.07, 6.45) is 4.85. The molecule has 7 heteroatoms. The van der Waals surface area contributed by atoms with E-state index >= 15 is 0 Å². The highest BCUT2D eigenvalue weighted by Gasteiger charge is 2.52. The quantitative estimate of drug-likeness (QED) is 0.796. The van der Waals surface area contributed by atoms with Gasteiger partial charge in [0.15, 0.2) is 0 Å². The molecule has 0 spiro atoms. The molecule has 116 valence electrons. The Balaban J connectivity index is 1.91. The number of rotatable bonds is 2. The fraction of sp³-hybridized carbons (Fsp3) is 0.467. The van der Waals surface area contributed by atoms with Crippen molar-refractivity contribution in [3.05, 3.63) is 36.3 Å². The summed E-state index contributed by atoms with van der Waals surface area (Å²) in [5.41, 5.74) is 0.130. The van der Waals surface area contributed by atoms with Gasteiger partial charge >= 0.3 is 7.12 Å². The van der Waals surface area contributed by atoms with Gasteiger partial charge in [0.1, 0.15) is 18.0 Å². The first-order valence-electron chi connectivity index (χ1n) is 7.22. The lowest BCUT2D eigenvalue weighted by atomic mass is 9.80. The molecule has 3 heterocycles. The van der Waals surface area contributed by atoms with Gasteiger partial charge in [0.2, 0.25) is 0 Å². The molecular formula is C15H19BFN3O2. The molecule has 0 N–H and O–H groups in total. The first-order chi connectivity index (χ1) is 10.2. The molecule has 1 saturated heterocycles. The van der Waals surface area contributed by atoms with Crippen molar-refractivity contribution in [1.82, 2.24) is 14.5 Å². The van der Waals surface area contributed by atoms with E-state index in [1.165, 1.54) is 12.3 Å². The highest BCUT2D eigenvalue weighted by Crippen LogP contribution is 2.36. The van der Waals surface area contributed by atoms with Crippen LogP contribution in [0.25, 0.3) is 5.82 Å². The minimum Gasteiger partial charge on any atom is -0.399 e. The van der Waals surface area contributed by atoms with Gasteiger partial charge in [0.05, 0.1) is 16.9 Å². The van der Waals surface area contributed by atoms with Gasteiger partial charge in [-0.25, -0.2) is 14.4 Å². The summed E-state index contributed by atoms with van der Waals surface area (Å²) in [6.45, 7) is 9.59. The van der Waals surface area contributed by atoms with Crippen LogP contribution in [-0.4, -0.2) is 32.9 Å². The fourth-order valence-corrected chi connectivity index (χ4v) is 2.26.